The smallest absolute Gasteiger partial charge is 0.338 e. The summed E-state index contributed by atoms with van der Waals surface area (Å²) in [6, 6.07) is 4.47. The van der Waals surface area contributed by atoms with Crippen molar-refractivity contribution < 1.29 is 14.5 Å². The zero-order valence-corrected chi connectivity index (χ0v) is 15.2. The summed E-state index contributed by atoms with van der Waals surface area (Å²) >= 11 is 0. The number of hydrogen-bond acceptors (Lipinski definition) is 5. The molecule has 0 bridgehead atoms. The molecule has 1 aromatic rings. The predicted octanol–water partition coefficient (Wildman–Crippen LogP) is 4.25. The molecular formula is C18H28N2O4. The standard InChI is InChI=1S/C16H22N2O4.C2H6/c1-4-16(7-8-16)10-13(17-2)12-6-5-11(15(19)22-3)9-14(12)18(20)21;1-2/h5-6,9,13,17H,4,7-8,10H2,1-3H3;1-2H3. The van der Waals surface area contributed by atoms with Crippen LogP contribution in [-0.4, -0.2) is 25.1 Å². The number of esters is 1. The van der Waals surface area contributed by atoms with Gasteiger partial charge in [-0.25, -0.2) is 4.79 Å². The Morgan fingerprint density at radius 1 is 1.42 bits per heavy atom. The van der Waals surface area contributed by atoms with Crippen LogP contribution in [0, 0.1) is 15.5 Å². The highest BCUT2D eigenvalue weighted by Crippen LogP contribution is 2.54. The first-order valence-corrected chi connectivity index (χ1v) is 8.50. The molecule has 6 nitrogen and oxygen atoms in total. The molecule has 1 aliphatic carbocycles. The Kier molecular flexibility index (Phi) is 7.35. The van der Waals surface area contributed by atoms with Crippen molar-refractivity contribution in [3.8, 4) is 0 Å². The van der Waals surface area contributed by atoms with Gasteiger partial charge in [-0.3, -0.25) is 10.1 Å². The Bertz CT molecular complexity index is 582. The topological polar surface area (TPSA) is 81.5 Å². The Hall–Kier alpha value is -1.95. The van der Waals surface area contributed by atoms with Crippen molar-refractivity contribution in [3.63, 3.8) is 0 Å². The van der Waals surface area contributed by atoms with E-state index in [2.05, 4.69) is 17.0 Å². The number of methoxy groups -OCH3 is 1. The molecule has 0 spiro atoms. The number of rotatable bonds is 7. The first-order chi connectivity index (χ1) is 11.5. The van der Waals surface area contributed by atoms with E-state index in [9.17, 15) is 14.9 Å². The number of nitro benzene ring substituents is 1. The predicted molar refractivity (Wildman–Crippen MR) is 94.2 cm³/mol. The van der Waals surface area contributed by atoms with E-state index in [0.29, 0.717) is 11.0 Å². The number of nitrogens with zero attached hydrogens (tertiary/aromatic N) is 1. The number of carbonyl (C=O) groups excluding carboxylic acids is 1. The summed E-state index contributed by atoms with van der Waals surface area (Å²) in [5, 5.41) is 14.6. The van der Waals surface area contributed by atoms with Crippen LogP contribution < -0.4 is 5.32 Å². The van der Waals surface area contributed by atoms with Crippen LogP contribution in [0.5, 0.6) is 0 Å². The molecule has 0 radical (unpaired) electrons. The van der Waals surface area contributed by atoms with Gasteiger partial charge in [0, 0.05) is 17.7 Å². The van der Waals surface area contributed by atoms with Crippen molar-refractivity contribution >= 4 is 11.7 Å². The van der Waals surface area contributed by atoms with E-state index in [1.54, 1.807) is 12.1 Å². The summed E-state index contributed by atoms with van der Waals surface area (Å²) in [5.41, 5.74) is 1.10. The zero-order valence-electron chi connectivity index (χ0n) is 15.2. The van der Waals surface area contributed by atoms with E-state index in [-0.39, 0.29) is 17.3 Å². The first-order valence-electron chi connectivity index (χ1n) is 8.50. The molecule has 24 heavy (non-hydrogen) atoms. The third-order valence-corrected chi connectivity index (χ3v) is 4.72. The summed E-state index contributed by atoms with van der Waals surface area (Å²) < 4.78 is 4.63. The number of ether oxygens (including phenoxy) is 1. The minimum Gasteiger partial charge on any atom is -0.465 e. The molecule has 1 saturated carbocycles. The average molecular weight is 336 g/mol. The Morgan fingerprint density at radius 2 is 2.04 bits per heavy atom. The number of nitro groups is 1. The number of carbonyl (C=O) groups is 1. The monoisotopic (exact) mass is 336 g/mol. The molecule has 1 N–H and O–H groups in total. The lowest BCUT2D eigenvalue weighted by molar-refractivity contribution is -0.385. The van der Waals surface area contributed by atoms with Gasteiger partial charge in [-0.15, -0.1) is 0 Å². The highest BCUT2D eigenvalue weighted by Gasteiger charge is 2.43. The van der Waals surface area contributed by atoms with Gasteiger partial charge in [0.25, 0.3) is 5.69 Å². The first kappa shape index (κ1) is 20.1. The molecule has 1 fully saturated rings. The van der Waals surface area contributed by atoms with E-state index in [1.807, 2.05) is 20.9 Å². The van der Waals surface area contributed by atoms with Gasteiger partial charge in [0.15, 0.2) is 0 Å². The van der Waals surface area contributed by atoms with Gasteiger partial charge in [0.2, 0.25) is 0 Å². The van der Waals surface area contributed by atoms with E-state index in [1.165, 1.54) is 26.0 Å². The maximum absolute atomic E-state index is 11.6. The van der Waals surface area contributed by atoms with Crippen molar-refractivity contribution in [2.45, 2.75) is 52.5 Å². The minimum atomic E-state index is -0.567. The van der Waals surface area contributed by atoms with Gasteiger partial charge in [-0.1, -0.05) is 27.2 Å². The summed E-state index contributed by atoms with van der Waals surface area (Å²) in [7, 11) is 3.07. The zero-order chi connectivity index (χ0) is 18.3. The Labute approximate surface area is 143 Å². The van der Waals surface area contributed by atoms with Crippen LogP contribution in [-0.2, 0) is 4.74 Å². The molecule has 6 heteroatoms. The van der Waals surface area contributed by atoms with Crippen molar-refractivity contribution in [1.29, 1.82) is 0 Å². The second-order valence-corrected chi connectivity index (χ2v) is 5.92. The molecule has 0 aliphatic heterocycles. The van der Waals surface area contributed by atoms with Crippen LogP contribution in [0.2, 0.25) is 0 Å². The Morgan fingerprint density at radius 3 is 2.46 bits per heavy atom. The average Bonchev–Trinajstić information content (AvgIpc) is 3.40. The number of benzene rings is 1. The van der Waals surface area contributed by atoms with Gasteiger partial charge >= 0.3 is 5.97 Å². The van der Waals surface area contributed by atoms with Crippen molar-refractivity contribution in [3.05, 3.63) is 39.4 Å². The third-order valence-electron chi connectivity index (χ3n) is 4.72. The molecule has 134 valence electrons. The van der Waals surface area contributed by atoms with E-state index >= 15 is 0 Å². The van der Waals surface area contributed by atoms with Gasteiger partial charge in [0.05, 0.1) is 17.6 Å². The fourth-order valence-electron chi connectivity index (χ4n) is 2.92. The SMILES string of the molecule is CC.CCC1(CC(NC)c2ccc(C(=O)OC)cc2[N+](=O)[O-])CC1. The summed E-state index contributed by atoms with van der Waals surface area (Å²) in [6.45, 7) is 6.16. The molecule has 0 saturated heterocycles. The van der Waals surface area contributed by atoms with Gasteiger partial charge in [0.1, 0.15) is 0 Å². The lowest BCUT2D eigenvalue weighted by atomic mass is 9.89. The van der Waals surface area contributed by atoms with Crippen LogP contribution >= 0.6 is 0 Å². The van der Waals surface area contributed by atoms with Crippen molar-refractivity contribution in [2.24, 2.45) is 5.41 Å². The van der Waals surface area contributed by atoms with Crippen molar-refractivity contribution in [2.75, 3.05) is 14.2 Å². The van der Waals surface area contributed by atoms with Crippen LogP contribution in [0.3, 0.4) is 0 Å². The highest BCUT2D eigenvalue weighted by molar-refractivity contribution is 5.90. The van der Waals surface area contributed by atoms with Crippen LogP contribution in [0.4, 0.5) is 5.69 Å². The molecule has 1 atom stereocenters. The van der Waals surface area contributed by atoms with E-state index < -0.39 is 10.9 Å². The van der Waals surface area contributed by atoms with Crippen LogP contribution in [0.1, 0.15) is 68.4 Å². The fraction of sp³-hybridized carbons (Fsp3) is 0.611. The third kappa shape index (κ3) is 4.54. The lowest BCUT2D eigenvalue weighted by Gasteiger charge is -2.22. The quantitative estimate of drug-likeness (QED) is 0.457. The van der Waals surface area contributed by atoms with Gasteiger partial charge in [-0.05, 0) is 43.9 Å². The molecule has 1 aliphatic rings. The second kappa shape index (κ2) is 8.78. The van der Waals surface area contributed by atoms with Gasteiger partial charge < -0.3 is 10.1 Å². The van der Waals surface area contributed by atoms with Crippen LogP contribution in [0.25, 0.3) is 0 Å². The molecule has 1 unspecified atom stereocenters. The van der Waals surface area contributed by atoms with Crippen molar-refractivity contribution in [1.82, 2.24) is 5.32 Å². The normalized spacial score (nSPS) is 15.7. The molecule has 0 heterocycles. The number of hydrogen-bond donors (Lipinski definition) is 1. The maximum Gasteiger partial charge on any atom is 0.338 e. The lowest BCUT2D eigenvalue weighted by Crippen LogP contribution is -2.21. The maximum atomic E-state index is 11.6. The number of nitrogens with one attached hydrogen (secondary N) is 1. The summed E-state index contributed by atoms with van der Waals surface area (Å²) in [6.07, 6.45) is 4.31. The molecular weight excluding hydrogens is 308 g/mol. The Balaban J connectivity index is 0.00000139. The minimum absolute atomic E-state index is 0.0332. The molecule has 0 aromatic heterocycles. The largest absolute Gasteiger partial charge is 0.465 e. The van der Waals surface area contributed by atoms with E-state index in [4.69, 9.17) is 0 Å². The fourth-order valence-corrected chi connectivity index (χ4v) is 2.92. The highest BCUT2D eigenvalue weighted by atomic mass is 16.6. The molecule has 0 amide bonds. The van der Waals surface area contributed by atoms with Crippen LogP contribution in [0.15, 0.2) is 18.2 Å². The molecule has 1 aromatic carbocycles. The summed E-state index contributed by atoms with van der Waals surface area (Å²) in [4.78, 5) is 22.5. The molecule has 2 rings (SSSR count). The second-order valence-electron chi connectivity index (χ2n) is 5.92. The van der Waals surface area contributed by atoms with E-state index in [0.717, 1.165) is 12.8 Å². The summed E-state index contributed by atoms with van der Waals surface area (Å²) in [5.74, 6) is -0.567. The van der Waals surface area contributed by atoms with Gasteiger partial charge in [-0.2, -0.15) is 0 Å².